The highest BCUT2D eigenvalue weighted by molar-refractivity contribution is 7.88. The van der Waals surface area contributed by atoms with Gasteiger partial charge in [0.15, 0.2) is 11.6 Å². The van der Waals surface area contributed by atoms with E-state index >= 15 is 0 Å². The number of rotatable bonds is 13. The third kappa shape index (κ3) is 9.25. The number of halogens is 3. The summed E-state index contributed by atoms with van der Waals surface area (Å²) in [5.74, 6) is -2.08. The molecule has 0 bridgehead atoms. The molecule has 190 valence electrons. The lowest BCUT2D eigenvalue weighted by atomic mass is 9.91. The second-order valence-corrected chi connectivity index (χ2v) is 9.62. The number of hydrogen-bond donors (Lipinski definition) is 0. The molecule has 2 aromatic rings. The van der Waals surface area contributed by atoms with Crippen molar-refractivity contribution < 1.29 is 44.9 Å². The van der Waals surface area contributed by atoms with Crippen molar-refractivity contribution in [1.29, 1.82) is 0 Å². The zero-order chi connectivity index (χ0) is 26.2. The number of benzene rings is 2. The molecule has 0 amide bonds. The van der Waals surface area contributed by atoms with Crippen LogP contribution in [0.2, 0.25) is 0 Å². The molecular weight excluding hydrogens is 489 g/mol. The number of aryl methyl sites for hydroxylation is 1. The highest BCUT2D eigenvalue weighted by Gasteiger charge is 2.48. The largest absolute Gasteiger partial charge is 0.534 e. The lowest BCUT2D eigenvalue weighted by Crippen LogP contribution is -2.28. The normalized spacial score (nSPS) is 12.7. The van der Waals surface area contributed by atoms with Crippen LogP contribution >= 0.6 is 0 Å². The average molecular weight is 515 g/mol. The van der Waals surface area contributed by atoms with E-state index in [4.69, 9.17) is 4.74 Å². The number of Topliss-reactive ketones (excluding diaryl/α,β-unsaturated/α-hetero) is 3. The van der Waals surface area contributed by atoms with E-state index in [0.29, 0.717) is 6.42 Å². The summed E-state index contributed by atoms with van der Waals surface area (Å²) in [5, 5.41) is 0. The van der Waals surface area contributed by atoms with Gasteiger partial charge < -0.3 is 8.92 Å². The fourth-order valence-corrected chi connectivity index (χ4v) is 3.59. The van der Waals surface area contributed by atoms with E-state index in [1.165, 1.54) is 19.1 Å². The summed E-state index contributed by atoms with van der Waals surface area (Å²) < 4.78 is 68.8. The predicted molar refractivity (Wildman–Crippen MR) is 120 cm³/mol. The summed E-state index contributed by atoms with van der Waals surface area (Å²) in [4.78, 5) is 36.3. The van der Waals surface area contributed by atoms with Crippen LogP contribution in [0.3, 0.4) is 0 Å². The van der Waals surface area contributed by atoms with Gasteiger partial charge in [0.25, 0.3) is 0 Å². The Kier molecular flexibility index (Phi) is 9.73. The smallest absolute Gasteiger partial charge is 0.376 e. The van der Waals surface area contributed by atoms with E-state index in [0.717, 1.165) is 23.3 Å². The molecule has 0 aliphatic heterocycles. The van der Waals surface area contributed by atoms with Gasteiger partial charge in [0.05, 0.1) is 0 Å². The van der Waals surface area contributed by atoms with Crippen LogP contribution in [0, 0.1) is 12.8 Å². The Morgan fingerprint density at radius 3 is 2.17 bits per heavy atom. The van der Waals surface area contributed by atoms with Gasteiger partial charge in [0.1, 0.15) is 24.7 Å². The Labute approximate surface area is 201 Å². The number of hydrogen-bond acceptors (Lipinski definition) is 7. The highest BCUT2D eigenvalue weighted by Crippen LogP contribution is 2.27. The summed E-state index contributed by atoms with van der Waals surface area (Å²) in [7, 11) is -5.83. The summed E-state index contributed by atoms with van der Waals surface area (Å²) in [5.41, 5.74) is -3.38. The van der Waals surface area contributed by atoms with Crippen LogP contribution < -0.4 is 4.18 Å². The molecule has 0 radical (unpaired) electrons. The maximum Gasteiger partial charge on any atom is 0.534 e. The Hall–Kier alpha value is -3.05. The van der Waals surface area contributed by atoms with Crippen molar-refractivity contribution in [3.05, 3.63) is 65.2 Å². The molecule has 0 spiro atoms. The van der Waals surface area contributed by atoms with Gasteiger partial charge in [-0.05, 0) is 43.5 Å². The maximum absolute atomic E-state index is 12.5. The minimum Gasteiger partial charge on any atom is -0.376 e. The minimum atomic E-state index is -5.83. The molecule has 0 aromatic heterocycles. The predicted octanol–water partition coefficient (Wildman–Crippen LogP) is 3.76. The van der Waals surface area contributed by atoms with E-state index in [1.807, 2.05) is 31.2 Å². The van der Waals surface area contributed by atoms with Crippen molar-refractivity contribution in [2.75, 3.05) is 13.2 Å². The SMILES string of the molecule is CC(=O)C(CC(=O)COCC(=O)Cc1cccc(OS(=O)(=O)C(F)(F)F)c1)Cc1ccc(C)cc1. The molecule has 0 aliphatic rings. The fourth-order valence-electron chi connectivity index (χ4n) is 3.14. The summed E-state index contributed by atoms with van der Waals surface area (Å²) in [6.07, 6.45) is 0.0914. The van der Waals surface area contributed by atoms with Crippen LogP contribution in [0.4, 0.5) is 13.2 Å². The minimum absolute atomic E-state index is 0.0372. The van der Waals surface area contributed by atoms with E-state index in [9.17, 15) is 36.0 Å². The summed E-state index contributed by atoms with van der Waals surface area (Å²) >= 11 is 0. The molecule has 7 nitrogen and oxygen atoms in total. The van der Waals surface area contributed by atoms with Gasteiger partial charge in [-0.3, -0.25) is 14.4 Å². The highest BCUT2D eigenvalue weighted by atomic mass is 32.2. The van der Waals surface area contributed by atoms with Gasteiger partial charge in [-0.2, -0.15) is 21.6 Å². The van der Waals surface area contributed by atoms with E-state index in [-0.39, 0.29) is 36.6 Å². The molecule has 0 saturated heterocycles. The maximum atomic E-state index is 12.5. The molecule has 2 rings (SSSR count). The van der Waals surface area contributed by atoms with Gasteiger partial charge in [-0.25, -0.2) is 0 Å². The van der Waals surface area contributed by atoms with Crippen molar-refractivity contribution in [2.45, 2.75) is 38.6 Å². The van der Waals surface area contributed by atoms with Gasteiger partial charge in [-0.1, -0.05) is 42.0 Å². The molecule has 0 heterocycles. The monoisotopic (exact) mass is 514 g/mol. The van der Waals surface area contributed by atoms with Crippen LogP contribution in [-0.4, -0.2) is 44.5 Å². The molecule has 0 aliphatic carbocycles. The zero-order valence-electron chi connectivity index (χ0n) is 19.1. The molecule has 35 heavy (non-hydrogen) atoms. The number of ether oxygens (including phenoxy) is 1. The molecule has 0 saturated carbocycles. The average Bonchev–Trinajstić information content (AvgIpc) is 2.73. The van der Waals surface area contributed by atoms with E-state index in [2.05, 4.69) is 4.18 Å². The van der Waals surface area contributed by atoms with Crippen LogP contribution in [0.5, 0.6) is 5.75 Å². The van der Waals surface area contributed by atoms with Crippen molar-refractivity contribution in [2.24, 2.45) is 5.92 Å². The first-order valence-electron chi connectivity index (χ1n) is 10.5. The molecular formula is C24H25F3O7S. The van der Waals surface area contributed by atoms with Crippen LogP contribution in [0.15, 0.2) is 48.5 Å². The number of alkyl halides is 3. The lowest BCUT2D eigenvalue weighted by molar-refractivity contribution is -0.131. The molecule has 0 N–H and O–H groups in total. The van der Waals surface area contributed by atoms with Crippen LogP contribution in [-0.2, 0) is 42.1 Å². The Morgan fingerprint density at radius 1 is 0.943 bits per heavy atom. The first-order valence-corrected chi connectivity index (χ1v) is 11.9. The Morgan fingerprint density at radius 2 is 1.57 bits per heavy atom. The van der Waals surface area contributed by atoms with Crippen molar-refractivity contribution >= 4 is 27.5 Å². The van der Waals surface area contributed by atoms with Gasteiger partial charge in [0.2, 0.25) is 0 Å². The van der Waals surface area contributed by atoms with Gasteiger partial charge in [0, 0.05) is 18.8 Å². The molecule has 1 unspecified atom stereocenters. The second kappa shape index (κ2) is 12.1. The fraction of sp³-hybridized carbons (Fsp3) is 0.375. The third-order valence-corrected chi connectivity index (χ3v) is 5.95. The van der Waals surface area contributed by atoms with Crippen molar-refractivity contribution in [3.8, 4) is 5.75 Å². The Bertz CT molecular complexity index is 1160. The van der Waals surface area contributed by atoms with E-state index in [1.54, 1.807) is 0 Å². The Balaban J connectivity index is 1.83. The molecule has 1 atom stereocenters. The lowest BCUT2D eigenvalue weighted by Gasteiger charge is -2.13. The van der Waals surface area contributed by atoms with Crippen molar-refractivity contribution in [3.63, 3.8) is 0 Å². The number of carbonyl (C=O) groups excluding carboxylic acids is 3. The molecule has 11 heteroatoms. The van der Waals surface area contributed by atoms with Crippen LogP contribution in [0.25, 0.3) is 0 Å². The van der Waals surface area contributed by atoms with Gasteiger partial charge >= 0.3 is 15.6 Å². The first kappa shape index (κ1) is 28.2. The van der Waals surface area contributed by atoms with Crippen molar-refractivity contribution in [1.82, 2.24) is 0 Å². The second-order valence-electron chi connectivity index (χ2n) is 8.08. The molecule has 0 fully saturated rings. The first-order chi connectivity index (χ1) is 16.3. The standard InChI is InChI=1S/C24H25F3O7S/c1-16-6-8-18(9-7-16)10-20(17(2)28)13-22(30)15-33-14-21(29)11-19-4-3-5-23(12-19)34-35(31,32)24(25,26)27/h3-9,12,20H,10-11,13-15H2,1-2H3. The van der Waals surface area contributed by atoms with Crippen LogP contribution in [0.1, 0.15) is 30.0 Å². The quantitative estimate of drug-likeness (QED) is 0.296. The topological polar surface area (TPSA) is 104 Å². The summed E-state index contributed by atoms with van der Waals surface area (Å²) in [6.45, 7) is 2.53. The molecule has 2 aromatic carbocycles. The van der Waals surface area contributed by atoms with E-state index < -0.39 is 39.7 Å². The van der Waals surface area contributed by atoms with Gasteiger partial charge in [-0.15, -0.1) is 0 Å². The number of carbonyl (C=O) groups is 3. The summed E-state index contributed by atoms with van der Waals surface area (Å²) in [6, 6.07) is 12.3. The zero-order valence-corrected chi connectivity index (χ0v) is 19.9. The third-order valence-electron chi connectivity index (χ3n) is 4.97. The number of ketones is 3.